The molecule has 1 aromatic heterocycles. The van der Waals surface area contributed by atoms with Crippen LogP contribution in [0.25, 0.3) is 0 Å². The van der Waals surface area contributed by atoms with E-state index in [-0.39, 0.29) is 6.42 Å². The molecule has 1 radical (unpaired) electrons. The van der Waals surface area contributed by atoms with Crippen LogP contribution in [0.3, 0.4) is 0 Å². The molecule has 0 saturated carbocycles. The highest BCUT2D eigenvalue weighted by Gasteiger charge is 1.91. The molecule has 0 unspecified atom stereocenters. The summed E-state index contributed by atoms with van der Waals surface area (Å²) in [5, 5.41) is 3.47. The summed E-state index contributed by atoms with van der Waals surface area (Å²) < 4.78 is 4.44. The number of aromatic nitrogens is 1. The fraction of sp³-hybridized carbons (Fsp3) is 0.200. The van der Waals surface area contributed by atoms with Crippen LogP contribution >= 0.6 is 0 Å². The molecule has 3 nitrogen and oxygen atoms in total. The normalized spacial score (nSPS) is 9.00. The van der Waals surface area contributed by atoms with E-state index in [1.807, 2.05) is 0 Å². The van der Waals surface area contributed by atoms with Gasteiger partial charge >= 0.3 is 0 Å². The molecule has 0 atom stereocenters. The Hall–Kier alpha value is -1.12. The maximum Gasteiger partial charge on any atom is 0.204 e. The largest absolute Gasteiger partial charge is 0.364 e. The Morgan fingerprint density at radius 3 is 3.25 bits per heavy atom. The highest BCUT2D eigenvalue weighted by Crippen LogP contribution is 1.91. The van der Waals surface area contributed by atoms with Crippen molar-refractivity contribution in [2.24, 2.45) is 0 Å². The molecular weight excluding hydrogens is 106 g/mol. The third-order valence-electron chi connectivity index (χ3n) is 0.745. The summed E-state index contributed by atoms with van der Waals surface area (Å²) in [6, 6.07) is 1.63. The Labute approximate surface area is 46.3 Å². The molecule has 0 fully saturated rings. The Bertz CT molecular complexity index is 157. The molecule has 0 amide bonds. The zero-order chi connectivity index (χ0) is 5.82. The van der Waals surface area contributed by atoms with Crippen LogP contribution in [0.2, 0.25) is 0 Å². The van der Waals surface area contributed by atoms with Gasteiger partial charge in [-0.3, -0.25) is 4.79 Å². The van der Waals surface area contributed by atoms with Gasteiger partial charge in [0.25, 0.3) is 0 Å². The number of hydrogen-bond donors (Lipinski definition) is 0. The smallest absolute Gasteiger partial charge is 0.204 e. The molecule has 0 aliphatic heterocycles. The Balaban J connectivity index is 2.62. The highest BCUT2D eigenvalue weighted by molar-refractivity contribution is 5.54. The third-order valence-corrected chi connectivity index (χ3v) is 0.745. The maximum atomic E-state index is 9.67. The topological polar surface area (TPSA) is 43.1 Å². The lowest BCUT2D eigenvalue weighted by atomic mass is 10.3. The maximum absolute atomic E-state index is 9.67. The second kappa shape index (κ2) is 2.26. The monoisotopic (exact) mass is 110 g/mol. The summed E-state index contributed by atoms with van der Waals surface area (Å²) in [7, 11) is 0. The minimum Gasteiger partial charge on any atom is -0.364 e. The van der Waals surface area contributed by atoms with Crippen LogP contribution in [0, 0.1) is 0 Å². The van der Waals surface area contributed by atoms with Gasteiger partial charge in [-0.05, 0) is 0 Å². The summed E-state index contributed by atoms with van der Waals surface area (Å²) >= 11 is 0. The predicted molar refractivity (Wildman–Crippen MR) is 25.9 cm³/mol. The molecule has 1 aromatic rings. The van der Waals surface area contributed by atoms with E-state index in [9.17, 15) is 4.79 Å². The summed E-state index contributed by atoms with van der Waals surface area (Å²) in [6.07, 6.45) is 3.34. The van der Waals surface area contributed by atoms with E-state index in [1.165, 1.54) is 6.26 Å². The van der Waals surface area contributed by atoms with E-state index in [2.05, 4.69) is 9.68 Å². The first-order valence-corrected chi connectivity index (χ1v) is 2.18. The van der Waals surface area contributed by atoms with Crippen LogP contribution in [0.15, 0.2) is 16.9 Å². The van der Waals surface area contributed by atoms with Gasteiger partial charge in [-0.15, -0.1) is 0 Å². The van der Waals surface area contributed by atoms with Crippen molar-refractivity contribution in [3.63, 3.8) is 0 Å². The van der Waals surface area contributed by atoms with Gasteiger partial charge in [-0.2, -0.15) is 0 Å². The lowest BCUT2D eigenvalue weighted by Gasteiger charge is -1.73. The first kappa shape index (κ1) is 5.03. The van der Waals surface area contributed by atoms with Crippen LogP contribution in [-0.4, -0.2) is 11.4 Å². The molecule has 0 saturated heterocycles. The molecule has 0 aliphatic carbocycles. The van der Waals surface area contributed by atoms with E-state index in [1.54, 1.807) is 12.4 Å². The SMILES string of the molecule is O=[C]Cc1ccon1. The van der Waals surface area contributed by atoms with Crippen molar-refractivity contribution in [3.05, 3.63) is 18.0 Å². The van der Waals surface area contributed by atoms with Gasteiger partial charge in [0.05, 0.1) is 12.1 Å². The molecule has 0 N–H and O–H groups in total. The van der Waals surface area contributed by atoms with Crippen LogP contribution in [0.1, 0.15) is 5.69 Å². The molecule has 8 heavy (non-hydrogen) atoms. The van der Waals surface area contributed by atoms with E-state index < -0.39 is 0 Å². The minimum atomic E-state index is 0.219. The van der Waals surface area contributed by atoms with Gasteiger partial charge in [0, 0.05) is 6.07 Å². The van der Waals surface area contributed by atoms with Crippen LogP contribution in [0.4, 0.5) is 0 Å². The van der Waals surface area contributed by atoms with Crippen molar-refractivity contribution in [1.82, 2.24) is 5.16 Å². The molecule has 1 rings (SSSR count). The lowest BCUT2D eigenvalue weighted by Crippen LogP contribution is -1.82. The highest BCUT2D eigenvalue weighted by atomic mass is 16.5. The summed E-state index contributed by atoms with van der Waals surface area (Å²) in [4.78, 5) is 9.67. The number of nitrogens with zero attached hydrogens (tertiary/aromatic N) is 1. The second-order valence-corrected chi connectivity index (χ2v) is 1.31. The van der Waals surface area contributed by atoms with Crippen molar-refractivity contribution in [2.75, 3.05) is 0 Å². The van der Waals surface area contributed by atoms with Crippen LogP contribution in [0.5, 0.6) is 0 Å². The zero-order valence-electron chi connectivity index (χ0n) is 4.13. The van der Waals surface area contributed by atoms with Crippen LogP contribution < -0.4 is 0 Å². The molecule has 0 aliphatic rings. The molecule has 0 aromatic carbocycles. The fourth-order valence-electron chi connectivity index (χ4n) is 0.403. The average Bonchev–Trinajstić information content (AvgIpc) is 2.19. The predicted octanol–water partition coefficient (Wildman–Crippen LogP) is 0.327. The standard InChI is InChI=1S/C5H4NO2/c7-3-1-5-2-4-8-6-5/h2,4H,1H2. The van der Waals surface area contributed by atoms with Gasteiger partial charge in [-0.1, -0.05) is 5.16 Å². The van der Waals surface area contributed by atoms with Gasteiger partial charge in [-0.25, -0.2) is 0 Å². The summed E-state index contributed by atoms with van der Waals surface area (Å²) in [5.74, 6) is 0. The first-order chi connectivity index (χ1) is 3.93. The van der Waals surface area contributed by atoms with E-state index in [0.29, 0.717) is 5.69 Å². The van der Waals surface area contributed by atoms with E-state index in [0.717, 1.165) is 0 Å². The fourth-order valence-corrected chi connectivity index (χ4v) is 0.403. The molecular formula is C5H4NO2. The number of hydrogen-bond acceptors (Lipinski definition) is 3. The van der Waals surface area contributed by atoms with E-state index in [4.69, 9.17) is 0 Å². The van der Waals surface area contributed by atoms with E-state index >= 15 is 0 Å². The molecule has 0 bridgehead atoms. The zero-order valence-corrected chi connectivity index (χ0v) is 4.13. The van der Waals surface area contributed by atoms with Gasteiger partial charge in [0.1, 0.15) is 6.26 Å². The molecule has 3 heteroatoms. The quantitative estimate of drug-likeness (QED) is 0.550. The Morgan fingerprint density at radius 2 is 2.75 bits per heavy atom. The van der Waals surface area contributed by atoms with Crippen molar-refractivity contribution in [1.29, 1.82) is 0 Å². The summed E-state index contributed by atoms with van der Waals surface area (Å²) in [6.45, 7) is 0. The van der Waals surface area contributed by atoms with Gasteiger partial charge in [0.15, 0.2) is 0 Å². The number of rotatable bonds is 2. The average molecular weight is 110 g/mol. The third kappa shape index (κ3) is 0.932. The van der Waals surface area contributed by atoms with Crippen molar-refractivity contribution in [2.45, 2.75) is 6.42 Å². The first-order valence-electron chi connectivity index (χ1n) is 2.18. The Kier molecular flexibility index (Phi) is 1.42. The Morgan fingerprint density at radius 1 is 1.88 bits per heavy atom. The lowest BCUT2D eigenvalue weighted by molar-refractivity contribution is 0.413. The van der Waals surface area contributed by atoms with Gasteiger partial charge in [0.2, 0.25) is 6.29 Å². The molecule has 41 valence electrons. The molecule has 1 heterocycles. The summed E-state index contributed by atoms with van der Waals surface area (Å²) in [5.41, 5.74) is 0.625. The second-order valence-electron chi connectivity index (χ2n) is 1.31. The number of carbonyl (C=O) groups excluding carboxylic acids is 1. The van der Waals surface area contributed by atoms with Crippen molar-refractivity contribution < 1.29 is 9.32 Å². The minimum absolute atomic E-state index is 0.219. The van der Waals surface area contributed by atoms with Crippen molar-refractivity contribution >= 4 is 6.29 Å². The van der Waals surface area contributed by atoms with Crippen molar-refractivity contribution in [3.8, 4) is 0 Å². The molecule has 0 spiro atoms. The van der Waals surface area contributed by atoms with Crippen LogP contribution in [-0.2, 0) is 11.2 Å². The van der Waals surface area contributed by atoms with Gasteiger partial charge < -0.3 is 4.52 Å².